The summed E-state index contributed by atoms with van der Waals surface area (Å²) in [5, 5.41) is 3.87. The van der Waals surface area contributed by atoms with Crippen LogP contribution in [0.1, 0.15) is 17.3 Å². The van der Waals surface area contributed by atoms with E-state index >= 15 is 0 Å². The number of hydrogen-bond acceptors (Lipinski definition) is 4. The monoisotopic (exact) mass is 183 g/mol. The van der Waals surface area contributed by atoms with Crippen molar-refractivity contribution in [1.29, 1.82) is 0 Å². The van der Waals surface area contributed by atoms with E-state index in [1.54, 1.807) is 10.6 Å². The lowest BCUT2D eigenvalue weighted by molar-refractivity contribution is 0.0527. The van der Waals surface area contributed by atoms with E-state index in [1.807, 2.05) is 0 Å². The van der Waals surface area contributed by atoms with Gasteiger partial charge in [-0.05, 0) is 6.92 Å². The highest BCUT2D eigenvalue weighted by molar-refractivity contribution is 6.09. The van der Waals surface area contributed by atoms with Gasteiger partial charge in [0.1, 0.15) is 11.4 Å². The standard InChI is InChI=1S/C6H9N3O2.Al.2H/c1-2-11-6(10)4-3-8-9-5(4)7;;;/h3H,2H2,1H3,(H3,7,8,9,10);;;/q;+1;;/p-1. The molecule has 0 amide bonds. The zero-order chi connectivity index (χ0) is 9.14. The first-order valence-electron chi connectivity index (χ1n) is 3.61. The molecule has 0 unspecified atom stereocenters. The van der Waals surface area contributed by atoms with Gasteiger partial charge in [-0.3, -0.25) is 0 Å². The van der Waals surface area contributed by atoms with Gasteiger partial charge in [0, 0.05) is 0 Å². The second kappa shape index (κ2) is 3.61. The Hall–Kier alpha value is -0.988. The number of hydrogen-bond donors (Lipinski definition) is 1. The van der Waals surface area contributed by atoms with Crippen LogP contribution in [0.4, 0.5) is 5.82 Å². The Morgan fingerprint density at radius 1 is 1.92 bits per heavy atom. The fourth-order valence-electron chi connectivity index (χ4n) is 0.813. The van der Waals surface area contributed by atoms with E-state index in [-0.39, 0.29) is 0 Å². The van der Waals surface area contributed by atoms with Crippen molar-refractivity contribution in [3.8, 4) is 0 Å². The summed E-state index contributed by atoms with van der Waals surface area (Å²) >= 11 is 0.670. The molecule has 6 heteroatoms. The van der Waals surface area contributed by atoms with Crippen molar-refractivity contribution in [1.82, 2.24) is 8.76 Å². The smallest absolute Gasteiger partial charge is 0.401 e. The minimum atomic E-state index is -0.405. The summed E-state index contributed by atoms with van der Waals surface area (Å²) in [5.41, 5.74) is 5.92. The molecule has 0 aliphatic heterocycles. The van der Waals surface area contributed by atoms with Crippen LogP contribution in [-0.2, 0) is 4.74 Å². The Kier molecular flexibility index (Phi) is 2.74. The van der Waals surface area contributed by atoms with E-state index < -0.39 is 5.97 Å². The highest BCUT2D eigenvalue weighted by Gasteiger charge is 2.13. The minimum Gasteiger partial charge on any atom is -0.462 e. The van der Waals surface area contributed by atoms with Crippen LogP contribution in [0.2, 0.25) is 0 Å². The lowest BCUT2D eigenvalue weighted by atomic mass is 10.3. The first-order chi connectivity index (χ1) is 5.66. The molecular formula is C6H10AlN3O2. The highest BCUT2D eigenvalue weighted by atomic mass is 27.1. The molecule has 0 aromatic carbocycles. The van der Waals surface area contributed by atoms with Crippen LogP contribution in [0.15, 0.2) is 6.20 Å². The number of ether oxygens (including phenoxy) is 1. The topological polar surface area (TPSA) is 70.1 Å². The van der Waals surface area contributed by atoms with E-state index in [0.717, 1.165) is 0 Å². The number of rotatable bonds is 2. The number of nitrogens with zero attached hydrogens (tertiary/aromatic N) is 2. The fourth-order valence-corrected chi connectivity index (χ4v) is 1.17. The van der Waals surface area contributed by atoms with Crippen molar-refractivity contribution in [3.63, 3.8) is 0 Å². The van der Waals surface area contributed by atoms with E-state index in [0.29, 0.717) is 34.5 Å². The summed E-state index contributed by atoms with van der Waals surface area (Å²) in [7, 11) is 0. The zero-order valence-electron chi connectivity index (χ0n) is 7.07. The molecule has 0 aliphatic rings. The molecule has 0 spiro atoms. The van der Waals surface area contributed by atoms with Crippen LogP contribution in [0.5, 0.6) is 0 Å². The maximum Gasteiger partial charge on any atom is 0.401 e. The number of aromatic nitrogens is 2. The molecule has 0 saturated carbocycles. The summed E-state index contributed by atoms with van der Waals surface area (Å²) in [6.45, 7) is 2.10. The van der Waals surface area contributed by atoms with Gasteiger partial charge in [-0.25, -0.2) is 9.89 Å². The van der Waals surface area contributed by atoms with Gasteiger partial charge in [-0.15, -0.1) is 0 Å². The summed E-state index contributed by atoms with van der Waals surface area (Å²) in [6.07, 6.45) is 1.43. The second-order valence-electron chi connectivity index (χ2n) is 2.29. The molecule has 12 heavy (non-hydrogen) atoms. The number of nitrogens with two attached hydrogens (primary N) is 1. The van der Waals surface area contributed by atoms with Gasteiger partial charge in [-0.2, -0.15) is 0 Å². The summed E-state index contributed by atoms with van der Waals surface area (Å²) in [6, 6.07) is 0. The Morgan fingerprint density at radius 2 is 2.58 bits per heavy atom. The van der Waals surface area contributed by atoms with Crippen molar-refractivity contribution >= 4 is 28.3 Å². The summed E-state index contributed by atoms with van der Waals surface area (Å²) in [5.74, 6) is -0.0165. The first kappa shape index (κ1) is 9.10. The fraction of sp³-hybridized carbons (Fsp3) is 0.333. The molecule has 0 bridgehead atoms. The van der Waals surface area contributed by atoms with Crippen LogP contribution < -0.4 is 5.73 Å². The average molecular weight is 183 g/mol. The lowest BCUT2D eigenvalue weighted by Gasteiger charge is -2.00. The molecule has 1 aromatic rings. The molecule has 2 N–H and O–H groups in total. The summed E-state index contributed by atoms with van der Waals surface area (Å²) < 4.78 is 6.33. The van der Waals surface area contributed by atoms with Crippen molar-refractivity contribution in [3.05, 3.63) is 11.8 Å². The van der Waals surface area contributed by atoms with Crippen LogP contribution in [-0.4, -0.2) is 37.9 Å². The van der Waals surface area contributed by atoms with E-state index in [1.165, 1.54) is 6.20 Å². The van der Waals surface area contributed by atoms with Crippen molar-refractivity contribution < 1.29 is 9.53 Å². The molecule has 1 rings (SSSR count). The largest absolute Gasteiger partial charge is 0.462 e. The van der Waals surface area contributed by atoms with Gasteiger partial charge in [0.15, 0.2) is 0 Å². The number of carbonyl (C=O) groups is 1. The predicted octanol–water partition coefficient (Wildman–Crippen LogP) is -0.962. The van der Waals surface area contributed by atoms with Crippen molar-refractivity contribution in [2.75, 3.05) is 12.3 Å². The maximum atomic E-state index is 11.1. The molecule has 1 heterocycles. The predicted molar refractivity (Wildman–Crippen MR) is 46.5 cm³/mol. The quantitative estimate of drug-likeness (QED) is 0.473. The van der Waals surface area contributed by atoms with Gasteiger partial charge < -0.3 is 14.1 Å². The molecule has 1 aromatic heterocycles. The van der Waals surface area contributed by atoms with Crippen molar-refractivity contribution in [2.24, 2.45) is 0 Å². The number of nitrogen functional groups attached to an aromatic ring is 1. The Labute approximate surface area is 78.1 Å². The van der Waals surface area contributed by atoms with Gasteiger partial charge in [0.05, 0.1) is 12.8 Å². The lowest BCUT2D eigenvalue weighted by Crippen LogP contribution is -2.08. The van der Waals surface area contributed by atoms with Crippen molar-refractivity contribution in [2.45, 2.75) is 6.92 Å². The average Bonchev–Trinajstić information content (AvgIpc) is 2.34. The molecule has 0 saturated heterocycles. The molecular weight excluding hydrogens is 173 g/mol. The molecule has 64 valence electrons. The number of esters is 1. The summed E-state index contributed by atoms with van der Waals surface area (Å²) in [4.78, 5) is 11.1. The molecule has 0 aliphatic carbocycles. The third-order valence-corrected chi connectivity index (χ3v) is 2.19. The van der Waals surface area contributed by atoms with Crippen LogP contribution in [0.3, 0.4) is 0 Å². The minimum absolute atomic E-state index is 0.352. The third-order valence-electron chi connectivity index (χ3n) is 1.48. The van der Waals surface area contributed by atoms with E-state index in [9.17, 15) is 4.79 Å². The zero-order valence-corrected chi connectivity index (χ0v) is 9.07. The Morgan fingerprint density at radius 3 is 3.00 bits per heavy atom. The van der Waals surface area contributed by atoms with Crippen LogP contribution in [0.25, 0.3) is 0 Å². The van der Waals surface area contributed by atoms with Gasteiger partial charge in [-0.1, -0.05) is 0 Å². The SMILES string of the molecule is CCOC(=O)c1cn[n]([AlH2])c1N. The highest BCUT2D eigenvalue weighted by Crippen LogP contribution is 2.09. The van der Waals surface area contributed by atoms with E-state index in [4.69, 9.17) is 10.5 Å². The normalized spacial score (nSPS) is 9.75. The Bertz CT molecular complexity index is 297. The Balaban J connectivity index is 2.88. The molecule has 0 fully saturated rings. The van der Waals surface area contributed by atoms with Gasteiger partial charge >= 0.3 is 22.5 Å². The maximum absolute atomic E-state index is 11.1. The van der Waals surface area contributed by atoms with Gasteiger partial charge in [0.2, 0.25) is 0 Å². The number of anilines is 1. The second-order valence-corrected chi connectivity index (χ2v) is 3.13. The first-order valence-corrected chi connectivity index (χ1v) is 4.50. The van der Waals surface area contributed by atoms with E-state index in [2.05, 4.69) is 5.10 Å². The number of carbonyl (C=O) groups excluding carboxylic acids is 1. The molecule has 0 radical (unpaired) electrons. The molecule has 5 nitrogen and oxygen atoms in total. The van der Waals surface area contributed by atoms with Gasteiger partial charge in [0.25, 0.3) is 0 Å². The third kappa shape index (κ3) is 1.60. The van der Waals surface area contributed by atoms with Crippen LogP contribution >= 0.6 is 0 Å². The van der Waals surface area contributed by atoms with Crippen LogP contribution in [0, 0.1) is 0 Å². The molecule has 0 atom stereocenters.